The van der Waals surface area contributed by atoms with Crippen molar-refractivity contribution in [2.45, 2.75) is 25.7 Å². The van der Waals surface area contributed by atoms with E-state index >= 15 is 0 Å². The molecule has 0 aliphatic heterocycles. The number of aromatic amines is 1. The van der Waals surface area contributed by atoms with Crippen molar-refractivity contribution in [2.24, 2.45) is 5.92 Å². The molecular formula is C23H21ClN6O3S. The number of hydrogen-bond donors (Lipinski definition) is 2. The first kappa shape index (κ1) is 23.5. The molecule has 2 N–H and O–H groups in total. The summed E-state index contributed by atoms with van der Waals surface area (Å²) in [6.07, 6.45) is 0. The van der Waals surface area contributed by atoms with Gasteiger partial charge in [-0.2, -0.15) is 15.3 Å². The molecule has 0 fully saturated rings. The molecule has 0 aliphatic rings. The predicted molar refractivity (Wildman–Crippen MR) is 129 cm³/mol. The molecule has 34 heavy (non-hydrogen) atoms. The molecule has 0 spiro atoms. The Kier molecular flexibility index (Phi) is 6.41. The van der Waals surface area contributed by atoms with E-state index in [1.807, 2.05) is 26.8 Å². The Labute approximate surface area is 201 Å². The van der Waals surface area contributed by atoms with Gasteiger partial charge in [0.05, 0.1) is 12.2 Å². The topological polar surface area (TPSA) is 134 Å². The molecule has 0 bridgehead atoms. The predicted octanol–water partition coefficient (Wildman–Crippen LogP) is 4.69. The second-order valence-electron chi connectivity index (χ2n) is 8.04. The van der Waals surface area contributed by atoms with E-state index in [1.165, 1.54) is 18.2 Å². The SMILES string of the molecule is Cc1[nH]nc2nc(-c3ccc(NS(=O)(=O)c4cc(Cl)ccc4C#N)cc3)nc(OCC(C)C)c12. The summed E-state index contributed by atoms with van der Waals surface area (Å²) in [6.45, 7) is 6.46. The van der Waals surface area contributed by atoms with Crippen LogP contribution in [0.4, 0.5) is 5.69 Å². The van der Waals surface area contributed by atoms with Crippen LogP contribution in [0.25, 0.3) is 22.4 Å². The summed E-state index contributed by atoms with van der Waals surface area (Å²) in [4.78, 5) is 8.90. The Bertz CT molecular complexity index is 1510. The quantitative estimate of drug-likeness (QED) is 0.379. The van der Waals surface area contributed by atoms with E-state index in [9.17, 15) is 13.7 Å². The third-order valence-corrected chi connectivity index (χ3v) is 6.52. The number of nitrogens with zero attached hydrogens (tertiary/aromatic N) is 4. The van der Waals surface area contributed by atoms with Crippen LogP contribution in [0.1, 0.15) is 25.1 Å². The molecule has 2 aromatic heterocycles. The first-order valence-electron chi connectivity index (χ1n) is 10.4. The minimum absolute atomic E-state index is 0.00144. The van der Waals surface area contributed by atoms with E-state index < -0.39 is 10.0 Å². The van der Waals surface area contributed by atoms with Gasteiger partial charge >= 0.3 is 0 Å². The minimum atomic E-state index is -4.03. The smallest absolute Gasteiger partial charge is 0.263 e. The van der Waals surface area contributed by atoms with Crippen LogP contribution in [0.15, 0.2) is 47.4 Å². The van der Waals surface area contributed by atoms with Crippen molar-refractivity contribution >= 4 is 38.3 Å². The van der Waals surface area contributed by atoms with Crippen molar-refractivity contribution in [3.05, 3.63) is 58.7 Å². The molecule has 0 aliphatic carbocycles. The van der Waals surface area contributed by atoms with E-state index in [-0.39, 0.29) is 15.5 Å². The van der Waals surface area contributed by atoms with Gasteiger partial charge in [-0.05, 0) is 55.3 Å². The number of halogens is 1. The van der Waals surface area contributed by atoms with Crippen LogP contribution >= 0.6 is 11.6 Å². The number of sulfonamides is 1. The first-order valence-corrected chi connectivity index (χ1v) is 12.2. The van der Waals surface area contributed by atoms with Crippen LogP contribution in [-0.2, 0) is 10.0 Å². The van der Waals surface area contributed by atoms with Crippen molar-refractivity contribution in [3.63, 3.8) is 0 Å². The van der Waals surface area contributed by atoms with Gasteiger partial charge in [0.25, 0.3) is 10.0 Å². The number of hydrogen-bond acceptors (Lipinski definition) is 7. The lowest BCUT2D eigenvalue weighted by molar-refractivity contribution is 0.264. The highest BCUT2D eigenvalue weighted by atomic mass is 35.5. The molecule has 4 rings (SSSR count). The minimum Gasteiger partial charge on any atom is -0.477 e. The fourth-order valence-electron chi connectivity index (χ4n) is 3.22. The maximum atomic E-state index is 12.8. The van der Waals surface area contributed by atoms with Crippen LogP contribution in [0.3, 0.4) is 0 Å². The van der Waals surface area contributed by atoms with Crippen molar-refractivity contribution in [1.29, 1.82) is 5.26 Å². The fraction of sp³-hybridized carbons (Fsp3) is 0.217. The van der Waals surface area contributed by atoms with Gasteiger partial charge in [-0.15, -0.1) is 0 Å². The van der Waals surface area contributed by atoms with Crippen molar-refractivity contribution in [2.75, 3.05) is 11.3 Å². The molecule has 11 heteroatoms. The number of aromatic nitrogens is 4. The second-order valence-corrected chi connectivity index (χ2v) is 10.1. The number of nitriles is 1. The highest BCUT2D eigenvalue weighted by Crippen LogP contribution is 2.29. The largest absolute Gasteiger partial charge is 0.477 e. The fourth-order valence-corrected chi connectivity index (χ4v) is 4.70. The summed E-state index contributed by atoms with van der Waals surface area (Å²) in [7, 11) is -4.03. The zero-order valence-corrected chi connectivity index (χ0v) is 20.2. The third kappa shape index (κ3) is 4.81. The van der Waals surface area contributed by atoms with Gasteiger partial charge in [0.1, 0.15) is 16.4 Å². The van der Waals surface area contributed by atoms with Gasteiger partial charge in [0, 0.05) is 22.0 Å². The Morgan fingerprint density at radius 3 is 2.59 bits per heavy atom. The van der Waals surface area contributed by atoms with E-state index in [0.717, 1.165) is 11.1 Å². The molecule has 0 amide bonds. The van der Waals surface area contributed by atoms with Crippen molar-refractivity contribution in [1.82, 2.24) is 20.2 Å². The molecule has 2 heterocycles. The second kappa shape index (κ2) is 9.29. The summed E-state index contributed by atoms with van der Waals surface area (Å²) in [5.74, 6) is 1.15. The summed E-state index contributed by atoms with van der Waals surface area (Å²) >= 11 is 5.93. The highest BCUT2D eigenvalue weighted by Gasteiger charge is 2.20. The number of H-pyrrole nitrogens is 1. The number of anilines is 1. The van der Waals surface area contributed by atoms with Crippen molar-refractivity contribution in [3.8, 4) is 23.3 Å². The van der Waals surface area contributed by atoms with Gasteiger partial charge < -0.3 is 4.74 Å². The molecule has 2 aromatic carbocycles. The van der Waals surface area contributed by atoms with Gasteiger partial charge in [0.2, 0.25) is 5.88 Å². The molecule has 0 radical (unpaired) electrons. The average Bonchev–Trinajstić information content (AvgIpc) is 3.18. The summed E-state index contributed by atoms with van der Waals surface area (Å²) in [5.41, 5.74) is 2.25. The lowest BCUT2D eigenvalue weighted by atomic mass is 10.2. The first-order chi connectivity index (χ1) is 16.2. The number of benzene rings is 2. The van der Waals surface area contributed by atoms with Crippen LogP contribution in [-0.4, -0.2) is 35.2 Å². The Hall–Kier alpha value is -3.68. The lowest BCUT2D eigenvalue weighted by Gasteiger charge is -2.12. The zero-order chi connectivity index (χ0) is 24.5. The third-order valence-electron chi connectivity index (χ3n) is 4.86. The Balaban J connectivity index is 1.64. The summed E-state index contributed by atoms with van der Waals surface area (Å²) in [6, 6.07) is 12.5. The average molecular weight is 497 g/mol. The van der Waals surface area contributed by atoms with Gasteiger partial charge in [-0.25, -0.2) is 13.4 Å². The number of rotatable bonds is 7. The maximum absolute atomic E-state index is 12.8. The summed E-state index contributed by atoms with van der Waals surface area (Å²) < 4.78 is 34.1. The molecule has 0 atom stereocenters. The number of aryl methyl sites for hydroxylation is 1. The number of fused-ring (bicyclic) bond motifs is 1. The molecule has 0 unspecified atom stereocenters. The lowest BCUT2D eigenvalue weighted by Crippen LogP contribution is -2.14. The highest BCUT2D eigenvalue weighted by molar-refractivity contribution is 7.92. The van der Waals surface area contributed by atoms with E-state index in [1.54, 1.807) is 24.3 Å². The molecule has 0 saturated heterocycles. The van der Waals surface area contributed by atoms with Crippen LogP contribution < -0.4 is 9.46 Å². The van der Waals surface area contributed by atoms with Crippen LogP contribution in [0, 0.1) is 24.2 Å². The Morgan fingerprint density at radius 2 is 1.91 bits per heavy atom. The molecule has 0 saturated carbocycles. The van der Waals surface area contributed by atoms with E-state index in [2.05, 4.69) is 24.9 Å². The van der Waals surface area contributed by atoms with Gasteiger partial charge in [-0.1, -0.05) is 25.4 Å². The normalized spacial score (nSPS) is 11.5. The standard InChI is InChI=1S/C23H21ClN6O3S/c1-13(2)12-33-23-20-14(3)28-29-22(20)26-21(27-23)15-5-8-18(9-6-15)30-34(31,32)19-10-17(24)7-4-16(19)11-25/h4-10,13,30H,12H2,1-3H3,(H,26,27,28,29). The Morgan fingerprint density at radius 1 is 1.18 bits per heavy atom. The molecule has 174 valence electrons. The molecular weight excluding hydrogens is 476 g/mol. The van der Waals surface area contributed by atoms with E-state index in [4.69, 9.17) is 16.3 Å². The summed E-state index contributed by atoms with van der Waals surface area (Å²) in [5, 5.41) is 17.3. The number of nitrogens with one attached hydrogen (secondary N) is 2. The number of ether oxygens (including phenoxy) is 1. The molecule has 4 aromatic rings. The zero-order valence-electron chi connectivity index (χ0n) is 18.6. The van der Waals surface area contributed by atoms with Crippen LogP contribution in [0.5, 0.6) is 5.88 Å². The van der Waals surface area contributed by atoms with Gasteiger partial charge in [-0.3, -0.25) is 9.82 Å². The van der Waals surface area contributed by atoms with Crippen molar-refractivity contribution < 1.29 is 13.2 Å². The maximum Gasteiger partial charge on any atom is 0.263 e. The van der Waals surface area contributed by atoms with E-state index in [0.29, 0.717) is 41.1 Å². The molecule has 9 nitrogen and oxygen atoms in total. The monoisotopic (exact) mass is 496 g/mol. The van der Waals surface area contributed by atoms with Crippen LogP contribution in [0.2, 0.25) is 5.02 Å². The van der Waals surface area contributed by atoms with Gasteiger partial charge in [0.15, 0.2) is 11.5 Å².